The van der Waals surface area contributed by atoms with E-state index >= 15 is 0 Å². The smallest absolute Gasteiger partial charge is 0.321 e. The predicted molar refractivity (Wildman–Crippen MR) is 117 cm³/mol. The van der Waals surface area contributed by atoms with Crippen molar-refractivity contribution < 1.29 is 9.22 Å². The molecule has 3 rings (SSSR count). The monoisotopic (exact) mass is 401 g/mol. The zero-order chi connectivity index (χ0) is 20.6. The number of rotatable bonds is 4. The van der Waals surface area contributed by atoms with Gasteiger partial charge in [-0.15, -0.1) is 0 Å². The van der Waals surface area contributed by atoms with Crippen LogP contribution in [0, 0.1) is 16.7 Å². The van der Waals surface area contributed by atoms with Gasteiger partial charge in [-0.1, -0.05) is 39.3 Å². The van der Waals surface area contributed by atoms with Gasteiger partial charge in [0.1, 0.15) is 5.72 Å². The summed E-state index contributed by atoms with van der Waals surface area (Å²) >= 11 is 0. The molecule has 0 bridgehead atoms. The van der Waals surface area contributed by atoms with Gasteiger partial charge in [0.2, 0.25) is 0 Å². The third-order valence-corrected chi connectivity index (χ3v) is 7.36. The molecule has 1 heterocycles. The van der Waals surface area contributed by atoms with Gasteiger partial charge in [-0.3, -0.25) is 4.98 Å². The number of pyridine rings is 1. The van der Waals surface area contributed by atoms with Crippen molar-refractivity contribution in [2.45, 2.75) is 72.2 Å². The molecule has 1 aromatic heterocycles. The van der Waals surface area contributed by atoms with Crippen molar-refractivity contribution >= 4 is 20.8 Å². The molecule has 2 aliphatic rings. The van der Waals surface area contributed by atoms with Crippen molar-refractivity contribution in [2.24, 2.45) is 16.7 Å². The molecule has 3 atom stereocenters. The third-order valence-electron chi connectivity index (χ3n) is 6.49. The maximum absolute atomic E-state index is 12.9. The van der Waals surface area contributed by atoms with E-state index in [0.29, 0.717) is 11.6 Å². The van der Waals surface area contributed by atoms with E-state index in [1.807, 2.05) is 12.1 Å². The van der Waals surface area contributed by atoms with Crippen molar-refractivity contribution in [3.8, 4) is 0 Å². The Hall–Kier alpha value is -1.66. The Labute approximate surface area is 171 Å². The molecule has 2 amide bonds. The number of hydrogen-bond donors (Lipinski definition) is 2. The van der Waals surface area contributed by atoms with Gasteiger partial charge in [0.25, 0.3) is 0 Å². The minimum Gasteiger partial charge on any atom is -0.398 e. The standard InChI is InChI=1S/C22H35N3O2Si/c1-20(2,3)16-9-11-21(4)17(14-16)10-12-22(21,27-28(5)6)25-19(26)24-18-8-7-13-23-15-18/h7-8,13-16,28H,9-12H2,1-6H3,(H2,24,25,26)/t16-,21-,22-/m1/s1. The number of allylic oxidation sites excluding steroid dienone is 1. The Kier molecular flexibility index (Phi) is 5.74. The lowest BCUT2D eigenvalue weighted by Gasteiger charge is -2.49. The van der Waals surface area contributed by atoms with Crippen molar-refractivity contribution in [1.29, 1.82) is 0 Å². The van der Waals surface area contributed by atoms with E-state index in [1.165, 1.54) is 5.57 Å². The molecule has 6 heteroatoms. The molecule has 28 heavy (non-hydrogen) atoms. The number of fused-ring (bicyclic) bond motifs is 1. The number of nitrogens with one attached hydrogen (secondary N) is 2. The van der Waals surface area contributed by atoms with Crippen LogP contribution < -0.4 is 10.6 Å². The molecule has 0 aliphatic heterocycles. The van der Waals surface area contributed by atoms with E-state index in [1.54, 1.807) is 12.4 Å². The average molecular weight is 402 g/mol. The van der Waals surface area contributed by atoms with Crippen molar-refractivity contribution in [2.75, 3.05) is 5.32 Å². The summed E-state index contributed by atoms with van der Waals surface area (Å²) in [5, 5.41) is 6.18. The number of anilines is 1. The Morgan fingerprint density at radius 3 is 2.68 bits per heavy atom. The lowest BCUT2D eigenvalue weighted by Crippen LogP contribution is -2.61. The van der Waals surface area contributed by atoms with Gasteiger partial charge in [0, 0.05) is 11.6 Å². The summed E-state index contributed by atoms with van der Waals surface area (Å²) in [6.07, 6.45) is 9.81. The Morgan fingerprint density at radius 2 is 2.07 bits per heavy atom. The predicted octanol–water partition coefficient (Wildman–Crippen LogP) is 5.08. The van der Waals surface area contributed by atoms with Crippen LogP contribution in [-0.4, -0.2) is 25.8 Å². The molecule has 2 N–H and O–H groups in total. The molecule has 0 spiro atoms. The highest BCUT2D eigenvalue weighted by molar-refractivity contribution is 6.48. The Balaban J connectivity index is 1.87. The minimum atomic E-state index is -1.38. The summed E-state index contributed by atoms with van der Waals surface area (Å²) in [6.45, 7) is 13.6. The minimum absolute atomic E-state index is 0.154. The van der Waals surface area contributed by atoms with E-state index in [0.717, 1.165) is 25.7 Å². The normalized spacial score (nSPS) is 30.0. The number of hydrogen-bond acceptors (Lipinski definition) is 3. The first-order valence-corrected chi connectivity index (χ1v) is 13.2. The van der Waals surface area contributed by atoms with Crippen LogP contribution in [0.1, 0.15) is 53.4 Å². The number of amides is 2. The first-order valence-electron chi connectivity index (χ1n) is 10.4. The molecule has 5 nitrogen and oxygen atoms in total. The van der Waals surface area contributed by atoms with E-state index in [4.69, 9.17) is 4.43 Å². The quantitative estimate of drug-likeness (QED) is 0.420. The van der Waals surface area contributed by atoms with Crippen LogP contribution in [-0.2, 0) is 4.43 Å². The zero-order valence-corrected chi connectivity index (χ0v) is 19.3. The lowest BCUT2D eigenvalue weighted by molar-refractivity contribution is -0.0452. The lowest BCUT2D eigenvalue weighted by atomic mass is 9.64. The third kappa shape index (κ3) is 4.03. The molecule has 0 saturated heterocycles. The molecule has 1 saturated carbocycles. The number of urea groups is 1. The zero-order valence-electron chi connectivity index (χ0n) is 18.1. The number of carbonyl (C=O) groups excluding carboxylic acids is 1. The SMILES string of the molecule is C[SiH](C)O[C@]1(NC(=O)Nc2cccnc2)CCC2=C[C@H](C(C)(C)C)CC[C@]21C. The van der Waals surface area contributed by atoms with Crippen LogP contribution in [0.5, 0.6) is 0 Å². The maximum atomic E-state index is 12.9. The molecule has 154 valence electrons. The largest absolute Gasteiger partial charge is 0.398 e. The summed E-state index contributed by atoms with van der Waals surface area (Å²) in [7, 11) is -1.38. The second kappa shape index (κ2) is 7.63. The summed E-state index contributed by atoms with van der Waals surface area (Å²) < 4.78 is 6.61. The molecule has 1 aromatic rings. The highest BCUT2D eigenvalue weighted by atomic mass is 28.3. The van der Waals surface area contributed by atoms with Crippen LogP contribution in [0.4, 0.5) is 10.5 Å². The number of carbonyl (C=O) groups is 1. The fourth-order valence-electron chi connectivity index (χ4n) is 4.81. The van der Waals surface area contributed by atoms with Gasteiger partial charge in [0.05, 0.1) is 11.9 Å². The second-order valence-corrected chi connectivity index (χ2v) is 12.2. The summed E-state index contributed by atoms with van der Waals surface area (Å²) in [5.74, 6) is 0.576. The van der Waals surface area contributed by atoms with Crippen molar-refractivity contribution in [3.05, 3.63) is 36.2 Å². The molecule has 0 radical (unpaired) electrons. The summed E-state index contributed by atoms with van der Waals surface area (Å²) in [5.41, 5.74) is 1.62. The van der Waals surface area contributed by atoms with Crippen LogP contribution in [0.3, 0.4) is 0 Å². The Morgan fingerprint density at radius 1 is 1.32 bits per heavy atom. The first-order chi connectivity index (χ1) is 13.1. The molecule has 1 fully saturated rings. The average Bonchev–Trinajstić information content (AvgIpc) is 2.86. The van der Waals surface area contributed by atoms with Crippen LogP contribution in [0.2, 0.25) is 13.1 Å². The maximum Gasteiger partial charge on any atom is 0.321 e. The fourth-order valence-corrected chi connectivity index (χ4v) is 6.05. The van der Waals surface area contributed by atoms with Gasteiger partial charge in [-0.2, -0.15) is 0 Å². The molecular weight excluding hydrogens is 366 g/mol. The molecular formula is C22H35N3O2Si. The summed E-state index contributed by atoms with van der Waals surface area (Å²) in [6, 6.07) is 3.44. The van der Waals surface area contributed by atoms with Gasteiger partial charge >= 0.3 is 6.03 Å². The number of aromatic nitrogens is 1. The highest BCUT2D eigenvalue weighted by Gasteiger charge is 2.58. The fraction of sp³-hybridized carbons (Fsp3) is 0.636. The Bertz CT molecular complexity index is 744. The second-order valence-electron chi connectivity index (χ2n) is 9.85. The van der Waals surface area contributed by atoms with E-state index in [9.17, 15) is 4.79 Å². The summed E-state index contributed by atoms with van der Waals surface area (Å²) in [4.78, 5) is 16.9. The van der Waals surface area contributed by atoms with Crippen LogP contribution in [0.25, 0.3) is 0 Å². The topological polar surface area (TPSA) is 63.2 Å². The molecule has 0 aromatic carbocycles. The molecule has 2 aliphatic carbocycles. The van der Waals surface area contributed by atoms with E-state index in [-0.39, 0.29) is 16.9 Å². The number of nitrogens with zero attached hydrogens (tertiary/aromatic N) is 1. The van der Waals surface area contributed by atoms with Gasteiger partial charge in [-0.25, -0.2) is 4.79 Å². The van der Waals surface area contributed by atoms with E-state index in [2.05, 4.69) is 62.5 Å². The van der Waals surface area contributed by atoms with Crippen LogP contribution in [0.15, 0.2) is 36.2 Å². The van der Waals surface area contributed by atoms with Crippen molar-refractivity contribution in [1.82, 2.24) is 10.3 Å². The van der Waals surface area contributed by atoms with Crippen molar-refractivity contribution in [3.63, 3.8) is 0 Å². The van der Waals surface area contributed by atoms with E-state index < -0.39 is 14.8 Å². The highest BCUT2D eigenvalue weighted by Crippen LogP contribution is 2.58. The van der Waals surface area contributed by atoms with Crippen LogP contribution >= 0.6 is 0 Å². The first kappa shape index (κ1) is 21.1. The molecule has 0 unspecified atom stereocenters. The van der Waals surface area contributed by atoms with Gasteiger partial charge < -0.3 is 15.1 Å². The van der Waals surface area contributed by atoms with Gasteiger partial charge in [-0.05, 0) is 62.2 Å². The van der Waals surface area contributed by atoms with Gasteiger partial charge in [0.15, 0.2) is 9.04 Å².